The van der Waals surface area contributed by atoms with Crippen LogP contribution in [0.3, 0.4) is 0 Å². The van der Waals surface area contributed by atoms with Crippen LogP contribution in [-0.2, 0) is 102 Å². The highest BCUT2D eigenvalue weighted by Gasteiger charge is 2.40. The van der Waals surface area contributed by atoms with Crippen molar-refractivity contribution in [3.63, 3.8) is 0 Å². The summed E-state index contributed by atoms with van der Waals surface area (Å²) in [5.41, 5.74) is 29.8. The van der Waals surface area contributed by atoms with Crippen LogP contribution in [0.4, 0.5) is 0 Å². The molecule has 16 amide bonds. The first kappa shape index (κ1) is 121. The van der Waals surface area contributed by atoms with Gasteiger partial charge in [0.25, 0.3) is 0 Å². The van der Waals surface area contributed by atoms with E-state index < -0.39 is 242 Å². The number of amides is 16. The highest BCUT2D eigenvalue weighted by molar-refractivity contribution is 6.01. The van der Waals surface area contributed by atoms with E-state index in [9.17, 15) is 103 Å². The first-order valence-corrected chi connectivity index (χ1v) is 48.4. The van der Waals surface area contributed by atoms with Crippen molar-refractivity contribution in [3.05, 3.63) is 114 Å². The zero-order valence-corrected chi connectivity index (χ0v) is 81.9. The molecule has 0 aliphatic carbocycles. The number of aliphatic hydroxyl groups excluding tert-OH is 4. The van der Waals surface area contributed by atoms with E-state index in [1.165, 1.54) is 106 Å². The number of phenols is 2. The second-order valence-corrected chi connectivity index (χ2v) is 35.7. The van der Waals surface area contributed by atoms with Crippen molar-refractivity contribution in [2.45, 2.75) is 306 Å². The van der Waals surface area contributed by atoms with Crippen LogP contribution in [0.25, 0.3) is 0 Å². The third-order valence-corrected chi connectivity index (χ3v) is 23.3. The molecular weight excluding hydrogens is 1840 g/mol. The van der Waals surface area contributed by atoms with Gasteiger partial charge in [-0.15, -0.1) is 0 Å². The van der Waals surface area contributed by atoms with Gasteiger partial charge in [0.15, 0.2) is 11.9 Å². The molecule has 47 heteroatoms. The lowest BCUT2D eigenvalue weighted by Gasteiger charge is -2.29. The number of nitrogens with zero attached hydrogens (tertiary/aromatic N) is 1. The average Bonchev–Trinajstić information content (AvgIpc) is 1.28. The minimum atomic E-state index is -2.05. The average molecular weight is 2000 g/mol. The Hall–Kier alpha value is -13.7. The molecule has 0 aliphatic heterocycles. The van der Waals surface area contributed by atoms with Crippen LogP contribution in [0, 0.1) is 22.7 Å². The van der Waals surface area contributed by atoms with Crippen molar-refractivity contribution in [1.82, 2.24) is 95.0 Å². The molecule has 16 unspecified atom stereocenters. The summed E-state index contributed by atoms with van der Waals surface area (Å²) >= 11 is 0. The Morgan fingerprint density at radius 3 is 1.11 bits per heavy atom. The Morgan fingerprint density at radius 2 is 0.718 bits per heavy atom. The fourth-order valence-electron chi connectivity index (χ4n) is 15.1. The summed E-state index contributed by atoms with van der Waals surface area (Å²) in [6.45, 7) is 6.68. The van der Waals surface area contributed by atoms with Gasteiger partial charge in [0.2, 0.25) is 94.5 Å². The predicted octanol–water partition coefficient (Wildman–Crippen LogP) is -3.56. The number of benzene rings is 3. The van der Waals surface area contributed by atoms with Gasteiger partial charge in [-0.1, -0.05) is 173 Å². The van der Waals surface area contributed by atoms with Gasteiger partial charge in [0, 0.05) is 57.1 Å². The number of unbranched alkanes of at least 4 members (excludes halogenated alkanes) is 12. The molecule has 3 aromatic carbocycles. The van der Waals surface area contributed by atoms with E-state index in [4.69, 9.17) is 39.5 Å². The molecule has 0 fully saturated rings. The highest BCUT2D eigenvalue weighted by Crippen LogP contribution is 2.20. The van der Waals surface area contributed by atoms with Crippen LogP contribution in [0.2, 0.25) is 0 Å². The summed E-state index contributed by atoms with van der Waals surface area (Å²) in [6, 6.07) is -4.21. The van der Waals surface area contributed by atoms with Gasteiger partial charge < -0.3 is 149 Å². The molecule has 0 saturated carbocycles. The Labute approximate surface area is 826 Å². The number of primary amides is 2. The van der Waals surface area contributed by atoms with E-state index >= 15 is 4.79 Å². The summed E-state index contributed by atoms with van der Waals surface area (Å²) in [7, 11) is 0. The maximum absolute atomic E-state index is 15.0. The van der Waals surface area contributed by atoms with E-state index in [-0.39, 0.29) is 107 Å². The predicted molar refractivity (Wildman–Crippen MR) is 525 cm³/mol. The number of guanidine groups is 2. The number of rotatable bonds is 71. The molecule has 35 N–H and O–H groups in total. The van der Waals surface area contributed by atoms with E-state index in [0.29, 0.717) is 29.5 Å². The Morgan fingerprint density at radius 1 is 0.380 bits per heavy atom. The van der Waals surface area contributed by atoms with Crippen LogP contribution in [0.1, 0.15) is 212 Å². The van der Waals surface area contributed by atoms with Crippen molar-refractivity contribution in [2.24, 2.45) is 40.5 Å². The highest BCUT2D eigenvalue weighted by atomic mass is 16.3. The Bertz CT molecular complexity index is 4650. The van der Waals surface area contributed by atoms with Crippen molar-refractivity contribution >= 4 is 106 Å². The minimum Gasteiger partial charge on any atom is -0.508 e. The first-order valence-electron chi connectivity index (χ1n) is 48.4. The third kappa shape index (κ3) is 46.6. The summed E-state index contributed by atoms with van der Waals surface area (Å²) in [5, 5.41) is 118. The monoisotopic (exact) mass is 1990 g/mol. The summed E-state index contributed by atoms with van der Waals surface area (Å²) in [4.78, 5) is 234. The molecule has 1 heterocycles. The lowest BCUT2D eigenvalue weighted by Crippen LogP contribution is -2.63. The molecule has 0 radical (unpaired) electrons. The third-order valence-electron chi connectivity index (χ3n) is 23.3. The fourth-order valence-corrected chi connectivity index (χ4v) is 15.1. The van der Waals surface area contributed by atoms with Gasteiger partial charge in [-0.3, -0.25) is 87.5 Å². The van der Waals surface area contributed by atoms with Gasteiger partial charge in [-0.2, -0.15) is 0 Å². The van der Waals surface area contributed by atoms with E-state index in [1.54, 1.807) is 58.0 Å². The molecule has 0 bridgehead atoms. The smallest absolute Gasteiger partial charge is 0.245 e. The maximum atomic E-state index is 15.0. The zero-order valence-electron chi connectivity index (χ0n) is 81.9. The number of aromatic nitrogens is 2. The number of H-pyrrole nitrogens is 1. The SMILES string of the molecule is CCCCCCCCCCCCCCCC(=O)NC(CO)C(=O)NC(CO)C(=O)NC(Cc1ccc(O)cc1)C(=O)NC(Cc1ccccc1)C(=O)NC(CCCN)C(=O)NC(CCCNC(=N)N)C(=O)NC(CC(C)C)C(=O)NC(Cc1cnc[nH]1)C(=O)NC(CO)C(=O)NC(C(=O)NC(CCCNC(=N)N)C(=O)NC(CC(N)=O)C(=O)NC(Cc1ccc(O)cc1)C(=O)NC(C(N)=O)C(C)CC)C(C)O. The number of nitrogens with two attached hydrogens (primary N) is 5. The summed E-state index contributed by atoms with van der Waals surface area (Å²) in [5.74, 6) is -19.0. The number of hydrogen-bond acceptors (Lipinski definition) is 26. The number of carbonyl (C=O) groups is 16. The summed E-state index contributed by atoms with van der Waals surface area (Å²) < 4.78 is 0. The van der Waals surface area contributed by atoms with E-state index in [0.717, 1.165) is 39.0 Å². The normalized spacial score (nSPS) is 14.5. The van der Waals surface area contributed by atoms with E-state index in [1.807, 2.05) is 0 Å². The minimum absolute atomic E-state index is 0.00662. The molecule has 788 valence electrons. The lowest BCUT2D eigenvalue weighted by molar-refractivity contribution is -0.138. The molecule has 4 aromatic rings. The number of aromatic hydroxyl groups is 2. The molecule has 47 nitrogen and oxygen atoms in total. The molecule has 4 rings (SSSR count). The first-order chi connectivity index (χ1) is 67.6. The Balaban J connectivity index is 1.61. The van der Waals surface area contributed by atoms with Crippen LogP contribution >= 0.6 is 0 Å². The lowest BCUT2D eigenvalue weighted by atomic mass is 9.97. The molecule has 0 saturated heterocycles. The molecular formula is C95H151N25O22. The number of hydrogen-bond donors (Lipinski definition) is 30. The van der Waals surface area contributed by atoms with Crippen molar-refractivity contribution in [2.75, 3.05) is 39.5 Å². The van der Waals surface area contributed by atoms with Crippen molar-refractivity contribution < 1.29 is 107 Å². The molecule has 0 aliphatic rings. The van der Waals surface area contributed by atoms with Gasteiger partial charge >= 0.3 is 0 Å². The summed E-state index contributed by atoms with van der Waals surface area (Å²) in [6.07, 6.45) is 12.0. The number of phenolic OH excluding ortho intramolecular Hbond substituents is 2. The second-order valence-electron chi connectivity index (χ2n) is 35.7. The van der Waals surface area contributed by atoms with Crippen molar-refractivity contribution in [1.29, 1.82) is 10.8 Å². The zero-order chi connectivity index (χ0) is 105. The quantitative estimate of drug-likeness (QED) is 0.0116. The van der Waals surface area contributed by atoms with Crippen LogP contribution < -0.4 is 114 Å². The maximum Gasteiger partial charge on any atom is 0.245 e. The number of carbonyl (C=O) groups excluding carboxylic acids is 16. The van der Waals surface area contributed by atoms with Gasteiger partial charge in [-0.05, 0) is 118 Å². The van der Waals surface area contributed by atoms with Gasteiger partial charge in [0.1, 0.15) is 96.1 Å². The fraction of sp³-hybridized carbons (Fsp3) is 0.589. The number of nitrogens with one attached hydrogen (secondary N) is 19. The van der Waals surface area contributed by atoms with Crippen molar-refractivity contribution in [3.8, 4) is 11.5 Å². The van der Waals surface area contributed by atoms with Gasteiger partial charge in [-0.25, -0.2) is 4.98 Å². The van der Waals surface area contributed by atoms with E-state index in [2.05, 4.69) is 102 Å². The number of imidazole rings is 1. The Kier molecular flexibility index (Phi) is 56.2. The van der Waals surface area contributed by atoms with Crippen LogP contribution in [-0.4, -0.2) is 277 Å². The number of aromatic amines is 1. The topological polar surface area (TPSA) is 793 Å². The molecule has 142 heavy (non-hydrogen) atoms. The molecule has 1 aromatic heterocycles. The van der Waals surface area contributed by atoms with Crippen LogP contribution in [0.5, 0.6) is 11.5 Å². The van der Waals surface area contributed by atoms with Crippen LogP contribution in [0.15, 0.2) is 91.4 Å². The number of aliphatic hydroxyl groups is 4. The molecule has 16 atom stereocenters. The largest absolute Gasteiger partial charge is 0.508 e. The van der Waals surface area contributed by atoms with Gasteiger partial charge in [0.05, 0.1) is 38.7 Å². The molecule has 0 spiro atoms. The second kappa shape index (κ2) is 66.1. The standard InChI is InChI=1S/C95H151N25O22/c1-7-9-10-11-12-13-14-15-16-17-18-19-23-32-77(128)107-73(51-121)90(139)118-74(52-122)91(140)114-69(46-59-33-37-62(125)38-34-59)86(135)112-68(45-58-27-21-20-22-28-58)85(134)109-64(29-24-41-96)81(130)108-65(30-25-42-104-94(99)100)82(131)111-67(44-55(3)4)84(133)115-71(48-61-50-103-54-106-61)87(136)117-75(53-123)92(141)120-79(57(6)124)93(142)110-66(31-26-43-105-95(101)102)83(132)116-72(49-76(97)127)88(137)113-70(47-60-35-39-63(126)40-36-60)89(138)119-78(80(98)129)56(5)8-2/h20-22,27-28,33-40,50,54-57,64-75,78-79,121-126H,7-19,23-26,29-32,41-49,51-53,96H2,1-6H3,(H2,97,127)(H2,98,129)(H,103,106)(H,107,128)(H,108,130)(H,109,134)(H,110,142)(H,111,131)(H,112,135)(H,113,137)(H,114,140)(H,115,133)(H,116,132)(H,117,136)(H,118,139)(H,119,138)(H,120,141)(H4,99,100,104)(H4,101,102,105).